The Morgan fingerprint density at radius 2 is 2.31 bits per heavy atom. The largest absolute Gasteiger partial charge is 0.384 e. The number of aromatic nitrogens is 2. The minimum Gasteiger partial charge on any atom is -0.384 e. The summed E-state index contributed by atoms with van der Waals surface area (Å²) in [5.74, 6) is 0.843. The summed E-state index contributed by atoms with van der Waals surface area (Å²) in [6.45, 7) is 0.716. The molecule has 4 N–H and O–H groups in total. The molecule has 1 aliphatic carbocycles. The summed E-state index contributed by atoms with van der Waals surface area (Å²) in [5, 5.41) is 4.28. The Hall–Kier alpha value is -1.03. The van der Waals surface area contributed by atoms with Crippen molar-refractivity contribution in [3.63, 3.8) is 0 Å². The Labute approximate surface area is 77.9 Å². The third-order valence-electron chi connectivity index (χ3n) is 2.46. The van der Waals surface area contributed by atoms with Crippen LogP contribution in [0.4, 0.5) is 5.82 Å². The highest BCUT2D eigenvalue weighted by Crippen LogP contribution is 2.36. The maximum absolute atomic E-state index is 5.94. The number of hydrogen-bond acceptors (Lipinski definition) is 3. The lowest BCUT2D eigenvalue weighted by atomic mass is 10.2. The molecule has 0 saturated heterocycles. The van der Waals surface area contributed by atoms with E-state index >= 15 is 0 Å². The molecule has 0 radical (unpaired) electrons. The van der Waals surface area contributed by atoms with E-state index < -0.39 is 0 Å². The molecule has 0 aromatic carbocycles. The van der Waals surface area contributed by atoms with Crippen LogP contribution in [0.5, 0.6) is 0 Å². The van der Waals surface area contributed by atoms with Gasteiger partial charge in [-0.2, -0.15) is 5.10 Å². The number of nitrogens with two attached hydrogens (primary N) is 2. The summed E-state index contributed by atoms with van der Waals surface area (Å²) in [6.07, 6.45) is 6.27. The fourth-order valence-corrected chi connectivity index (χ4v) is 1.50. The monoisotopic (exact) mass is 180 g/mol. The van der Waals surface area contributed by atoms with E-state index in [9.17, 15) is 0 Å². The van der Waals surface area contributed by atoms with E-state index in [2.05, 4.69) is 5.10 Å². The van der Waals surface area contributed by atoms with Gasteiger partial charge in [0.05, 0.1) is 12.2 Å². The van der Waals surface area contributed by atoms with Gasteiger partial charge >= 0.3 is 0 Å². The molecule has 0 amide bonds. The summed E-state index contributed by atoms with van der Waals surface area (Å²) in [4.78, 5) is 0. The third-order valence-corrected chi connectivity index (χ3v) is 2.46. The minimum absolute atomic E-state index is 0.576. The first-order valence-corrected chi connectivity index (χ1v) is 4.85. The fourth-order valence-electron chi connectivity index (χ4n) is 1.50. The highest BCUT2D eigenvalue weighted by atomic mass is 15.3. The molecular weight excluding hydrogens is 164 g/mol. The molecule has 1 aliphatic rings. The van der Waals surface area contributed by atoms with Gasteiger partial charge in [-0.05, 0) is 32.2 Å². The number of nitrogen functional groups attached to an aromatic ring is 1. The quantitative estimate of drug-likeness (QED) is 0.716. The average Bonchev–Trinajstić information content (AvgIpc) is 2.89. The molecule has 1 saturated carbocycles. The van der Waals surface area contributed by atoms with E-state index in [0.29, 0.717) is 12.6 Å². The van der Waals surface area contributed by atoms with Crippen LogP contribution in [0, 0.1) is 0 Å². The van der Waals surface area contributed by atoms with Crippen molar-refractivity contribution in [2.45, 2.75) is 31.7 Å². The molecule has 4 heteroatoms. The van der Waals surface area contributed by atoms with E-state index in [-0.39, 0.29) is 0 Å². The van der Waals surface area contributed by atoms with Crippen LogP contribution in [-0.4, -0.2) is 16.3 Å². The maximum atomic E-state index is 5.94. The SMILES string of the molecule is NCCCc1cnn(C2CC2)c1N. The highest BCUT2D eigenvalue weighted by Gasteiger charge is 2.26. The molecule has 0 spiro atoms. The predicted octanol–water partition coefficient (Wildman–Crippen LogP) is 0.691. The molecule has 1 heterocycles. The topological polar surface area (TPSA) is 69.9 Å². The first kappa shape index (κ1) is 8.56. The van der Waals surface area contributed by atoms with Crippen molar-refractivity contribution in [3.05, 3.63) is 11.8 Å². The van der Waals surface area contributed by atoms with Crippen LogP contribution in [-0.2, 0) is 6.42 Å². The molecule has 13 heavy (non-hydrogen) atoms. The van der Waals surface area contributed by atoms with Crippen LogP contribution in [0.2, 0.25) is 0 Å². The van der Waals surface area contributed by atoms with Gasteiger partial charge in [0.15, 0.2) is 0 Å². The second kappa shape index (κ2) is 3.38. The molecule has 0 atom stereocenters. The average molecular weight is 180 g/mol. The summed E-state index contributed by atoms with van der Waals surface area (Å²) >= 11 is 0. The Morgan fingerprint density at radius 3 is 2.92 bits per heavy atom. The first-order valence-electron chi connectivity index (χ1n) is 4.85. The van der Waals surface area contributed by atoms with Gasteiger partial charge in [0.1, 0.15) is 5.82 Å². The van der Waals surface area contributed by atoms with Gasteiger partial charge in [-0.1, -0.05) is 0 Å². The molecule has 0 aliphatic heterocycles. The summed E-state index contributed by atoms with van der Waals surface area (Å²) in [7, 11) is 0. The Kier molecular flexibility index (Phi) is 2.22. The van der Waals surface area contributed by atoms with Crippen molar-refractivity contribution >= 4 is 5.82 Å². The number of nitrogens with zero attached hydrogens (tertiary/aromatic N) is 2. The van der Waals surface area contributed by atoms with E-state index in [1.165, 1.54) is 12.8 Å². The first-order chi connectivity index (χ1) is 6.33. The van der Waals surface area contributed by atoms with Crippen LogP contribution in [0.3, 0.4) is 0 Å². The Morgan fingerprint density at radius 1 is 1.54 bits per heavy atom. The second-order valence-corrected chi connectivity index (χ2v) is 3.62. The summed E-state index contributed by atoms with van der Waals surface area (Å²) in [6, 6.07) is 0.576. The smallest absolute Gasteiger partial charge is 0.125 e. The highest BCUT2D eigenvalue weighted by molar-refractivity contribution is 5.39. The van der Waals surface area contributed by atoms with Crippen molar-refractivity contribution in [1.29, 1.82) is 0 Å². The van der Waals surface area contributed by atoms with Crippen LogP contribution >= 0.6 is 0 Å². The number of rotatable bonds is 4. The minimum atomic E-state index is 0.576. The zero-order chi connectivity index (χ0) is 9.26. The van der Waals surface area contributed by atoms with Crippen molar-refractivity contribution in [2.75, 3.05) is 12.3 Å². The van der Waals surface area contributed by atoms with Crippen LogP contribution in [0.1, 0.15) is 30.9 Å². The standard InChI is InChI=1S/C9H16N4/c10-5-1-2-7-6-12-13(9(7)11)8-3-4-8/h6,8H,1-5,10-11H2. The molecule has 4 nitrogen and oxygen atoms in total. The normalized spacial score (nSPS) is 16.4. The maximum Gasteiger partial charge on any atom is 0.125 e. The van der Waals surface area contributed by atoms with Gasteiger partial charge in [0.2, 0.25) is 0 Å². The Bertz CT molecular complexity index is 288. The zero-order valence-corrected chi connectivity index (χ0v) is 7.74. The summed E-state index contributed by atoms with van der Waals surface area (Å²) < 4.78 is 1.95. The van der Waals surface area contributed by atoms with E-state index in [4.69, 9.17) is 11.5 Å². The van der Waals surface area contributed by atoms with Gasteiger partial charge in [0.25, 0.3) is 0 Å². The van der Waals surface area contributed by atoms with E-state index in [1.54, 1.807) is 0 Å². The van der Waals surface area contributed by atoms with Crippen molar-refractivity contribution in [2.24, 2.45) is 5.73 Å². The molecule has 1 fully saturated rings. The predicted molar refractivity (Wildman–Crippen MR) is 52.3 cm³/mol. The molecule has 0 bridgehead atoms. The van der Waals surface area contributed by atoms with Gasteiger partial charge in [0, 0.05) is 5.56 Å². The van der Waals surface area contributed by atoms with Crippen molar-refractivity contribution in [1.82, 2.24) is 9.78 Å². The second-order valence-electron chi connectivity index (χ2n) is 3.62. The number of anilines is 1. The molecule has 2 rings (SSSR count). The zero-order valence-electron chi connectivity index (χ0n) is 7.74. The Balaban J connectivity index is 2.08. The van der Waals surface area contributed by atoms with E-state index in [0.717, 1.165) is 24.2 Å². The van der Waals surface area contributed by atoms with Crippen LogP contribution < -0.4 is 11.5 Å². The molecule has 1 aromatic rings. The van der Waals surface area contributed by atoms with Gasteiger partial charge in [-0.15, -0.1) is 0 Å². The molecule has 72 valence electrons. The van der Waals surface area contributed by atoms with Crippen LogP contribution in [0.15, 0.2) is 6.20 Å². The third kappa shape index (κ3) is 1.67. The van der Waals surface area contributed by atoms with Gasteiger partial charge < -0.3 is 11.5 Å². The number of aryl methyl sites for hydroxylation is 1. The van der Waals surface area contributed by atoms with Gasteiger partial charge in [-0.3, -0.25) is 0 Å². The number of hydrogen-bond donors (Lipinski definition) is 2. The fraction of sp³-hybridized carbons (Fsp3) is 0.667. The summed E-state index contributed by atoms with van der Waals surface area (Å²) in [5.41, 5.74) is 12.5. The van der Waals surface area contributed by atoms with Crippen molar-refractivity contribution < 1.29 is 0 Å². The molecule has 0 unspecified atom stereocenters. The van der Waals surface area contributed by atoms with Gasteiger partial charge in [-0.25, -0.2) is 4.68 Å². The molecular formula is C9H16N4. The van der Waals surface area contributed by atoms with Crippen molar-refractivity contribution in [3.8, 4) is 0 Å². The lowest BCUT2D eigenvalue weighted by molar-refractivity contribution is 0.651. The van der Waals surface area contributed by atoms with E-state index in [1.807, 2.05) is 10.9 Å². The molecule has 1 aromatic heterocycles. The van der Waals surface area contributed by atoms with Crippen LogP contribution in [0.25, 0.3) is 0 Å². The lowest BCUT2D eigenvalue weighted by Gasteiger charge is -2.02. The lowest BCUT2D eigenvalue weighted by Crippen LogP contribution is -2.05.